The van der Waals surface area contributed by atoms with Crippen molar-refractivity contribution in [1.82, 2.24) is 10.3 Å². The molecular formula is C13H20N2O3S. The van der Waals surface area contributed by atoms with E-state index in [0.717, 1.165) is 30.5 Å². The molecule has 0 bridgehead atoms. The summed E-state index contributed by atoms with van der Waals surface area (Å²) in [5.74, 6) is 0.213. The highest BCUT2D eigenvalue weighted by atomic mass is 32.2. The van der Waals surface area contributed by atoms with Crippen LogP contribution < -0.4 is 10.9 Å². The molecule has 1 aromatic rings. The van der Waals surface area contributed by atoms with Crippen LogP contribution in [0.2, 0.25) is 0 Å². The third-order valence-corrected chi connectivity index (χ3v) is 4.44. The molecule has 1 atom stereocenters. The molecule has 19 heavy (non-hydrogen) atoms. The van der Waals surface area contributed by atoms with Crippen molar-refractivity contribution in [3.63, 3.8) is 0 Å². The Morgan fingerprint density at radius 1 is 1.42 bits per heavy atom. The van der Waals surface area contributed by atoms with Gasteiger partial charge in [-0.1, -0.05) is 6.07 Å². The lowest BCUT2D eigenvalue weighted by molar-refractivity contribution is 0.454. The highest BCUT2D eigenvalue weighted by Gasteiger charge is 2.20. The van der Waals surface area contributed by atoms with Crippen molar-refractivity contribution in [3.05, 3.63) is 33.7 Å². The van der Waals surface area contributed by atoms with Gasteiger partial charge >= 0.3 is 0 Å². The number of H-pyrrole nitrogens is 1. The molecule has 106 valence electrons. The quantitative estimate of drug-likeness (QED) is 0.783. The van der Waals surface area contributed by atoms with Gasteiger partial charge in [0.15, 0.2) is 0 Å². The molecule has 0 amide bonds. The fourth-order valence-electron chi connectivity index (χ4n) is 2.52. The second kappa shape index (κ2) is 5.88. The molecule has 0 spiro atoms. The molecule has 2 rings (SSSR count). The van der Waals surface area contributed by atoms with Gasteiger partial charge in [-0.3, -0.25) is 4.79 Å². The molecule has 0 saturated carbocycles. The zero-order valence-corrected chi connectivity index (χ0v) is 11.9. The highest BCUT2D eigenvalue weighted by Crippen LogP contribution is 2.27. The van der Waals surface area contributed by atoms with E-state index in [0.29, 0.717) is 13.0 Å². The molecule has 6 heteroatoms. The summed E-state index contributed by atoms with van der Waals surface area (Å²) in [5, 5.41) is 3.38. The minimum absolute atomic E-state index is 0.0588. The maximum Gasteiger partial charge on any atom is 0.248 e. The van der Waals surface area contributed by atoms with Crippen molar-refractivity contribution in [2.75, 3.05) is 18.6 Å². The lowest BCUT2D eigenvalue weighted by Crippen LogP contribution is -2.28. The second-order valence-corrected chi connectivity index (χ2v) is 7.40. The molecule has 0 saturated heterocycles. The largest absolute Gasteiger partial charge is 0.326 e. The maximum atomic E-state index is 11.3. The number of hydrogen-bond acceptors (Lipinski definition) is 4. The number of aryl methyl sites for hydroxylation is 1. The van der Waals surface area contributed by atoms with Gasteiger partial charge in [-0.2, -0.15) is 0 Å². The summed E-state index contributed by atoms with van der Waals surface area (Å²) in [6.45, 7) is 0.677. The molecule has 1 aromatic heterocycles. The van der Waals surface area contributed by atoms with Crippen LogP contribution in [0.25, 0.3) is 0 Å². The van der Waals surface area contributed by atoms with Gasteiger partial charge in [0.05, 0.1) is 5.75 Å². The van der Waals surface area contributed by atoms with Crippen LogP contribution in [0.5, 0.6) is 0 Å². The summed E-state index contributed by atoms with van der Waals surface area (Å²) >= 11 is 0. The van der Waals surface area contributed by atoms with Crippen molar-refractivity contribution in [2.24, 2.45) is 0 Å². The lowest BCUT2D eigenvalue weighted by Gasteiger charge is -2.26. The normalized spacial score (nSPS) is 19.1. The maximum absolute atomic E-state index is 11.3. The van der Waals surface area contributed by atoms with Gasteiger partial charge in [0.2, 0.25) is 5.56 Å². The van der Waals surface area contributed by atoms with E-state index in [1.165, 1.54) is 6.26 Å². The lowest BCUT2D eigenvalue weighted by atomic mass is 9.91. The number of rotatable bonds is 5. The Hall–Kier alpha value is -1.14. The van der Waals surface area contributed by atoms with Crippen molar-refractivity contribution >= 4 is 9.84 Å². The fourth-order valence-corrected chi connectivity index (χ4v) is 3.19. The molecule has 1 heterocycles. The summed E-state index contributed by atoms with van der Waals surface area (Å²) in [6, 6.07) is 3.65. The molecule has 1 aliphatic rings. The first-order chi connectivity index (χ1) is 8.96. The van der Waals surface area contributed by atoms with Crippen LogP contribution in [0.3, 0.4) is 0 Å². The van der Waals surface area contributed by atoms with E-state index in [2.05, 4.69) is 10.3 Å². The van der Waals surface area contributed by atoms with Crippen molar-refractivity contribution < 1.29 is 8.42 Å². The predicted octanol–water partition coefficient (Wildman–Crippen LogP) is 0.777. The Kier molecular flexibility index (Phi) is 4.42. The van der Waals surface area contributed by atoms with E-state index in [4.69, 9.17) is 0 Å². The van der Waals surface area contributed by atoms with Crippen LogP contribution in [0.15, 0.2) is 16.9 Å². The van der Waals surface area contributed by atoms with Crippen molar-refractivity contribution in [2.45, 2.75) is 31.7 Å². The number of aromatic amines is 1. The van der Waals surface area contributed by atoms with Gasteiger partial charge in [-0.15, -0.1) is 0 Å². The van der Waals surface area contributed by atoms with Gasteiger partial charge in [-0.25, -0.2) is 8.42 Å². The van der Waals surface area contributed by atoms with Crippen LogP contribution in [0.1, 0.15) is 36.6 Å². The van der Waals surface area contributed by atoms with E-state index in [9.17, 15) is 13.2 Å². The SMILES string of the molecule is CS(=O)(=O)CCCNC1CCCc2[nH]c(=O)ccc21. The van der Waals surface area contributed by atoms with E-state index in [-0.39, 0.29) is 17.4 Å². The number of hydrogen-bond donors (Lipinski definition) is 2. The number of nitrogens with one attached hydrogen (secondary N) is 2. The van der Waals surface area contributed by atoms with Gasteiger partial charge < -0.3 is 10.3 Å². The number of sulfone groups is 1. The first-order valence-corrected chi connectivity index (χ1v) is 8.65. The second-order valence-electron chi connectivity index (χ2n) is 5.14. The van der Waals surface area contributed by atoms with E-state index in [1.807, 2.05) is 6.07 Å². The van der Waals surface area contributed by atoms with Crippen molar-refractivity contribution in [1.29, 1.82) is 0 Å². The van der Waals surface area contributed by atoms with E-state index < -0.39 is 9.84 Å². The smallest absolute Gasteiger partial charge is 0.248 e. The molecule has 0 radical (unpaired) electrons. The monoisotopic (exact) mass is 284 g/mol. The first-order valence-electron chi connectivity index (χ1n) is 6.59. The fraction of sp³-hybridized carbons (Fsp3) is 0.615. The Balaban J connectivity index is 1.94. The summed E-state index contributed by atoms with van der Waals surface area (Å²) in [5.41, 5.74) is 2.10. The van der Waals surface area contributed by atoms with Gasteiger partial charge in [0, 0.05) is 24.1 Å². The standard InChI is InChI=1S/C13H20N2O3S/c1-19(17,18)9-3-8-14-11-4-2-5-12-10(11)6-7-13(16)15-12/h6-7,11,14H,2-5,8-9H2,1H3,(H,15,16). The Bertz CT molecular complexity index is 592. The van der Waals surface area contributed by atoms with E-state index >= 15 is 0 Å². The average molecular weight is 284 g/mol. The molecule has 1 unspecified atom stereocenters. The van der Waals surface area contributed by atoms with Crippen LogP contribution in [0.4, 0.5) is 0 Å². The van der Waals surface area contributed by atoms with Gasteiger partial charge in [0.1, 0.15) is 9.84 Å². The van der Waals surface area contributed by atoms with Gasteiger partial charge in [0.25, 0.3) is 0 Å². The Morgan fingerprint density at radius 3 is 2.95 bits per heavy atom. The van der Waals surface area contributed by atoms with Gasteiger partial charge in [-0.05, 0) is 37.8 Å². The van der Waals surface area contributed by atoms with Crippen LogP contribution in [-0.2, 0) is 16.3 Å². The molecule has 0 fully saturated rings. The zero-order chi connectivity index (χ0) is 13.9. The topological polar surface area (TPSA) is 79.0 Å². The molecule has 5 nitrogen and oxygen atoms in total. The highest BCUT2D eigenvalue weighted by molar-refractivity contribution is 7.90. The summed E-state index contributed by atoms with van der Waals surface area (Å²) in [7, 11) is -2.88. The van der Waals surface area contributed by atoms with Crippen LogP contribution >= 0.6 is 0 Å². The molecule has 2 N–H and O–H groups in total. The molecule has 1 aliphatic carbocycles. The van der Waals surface area contributed by atoms with Crippen LogP contribution in [0, 0.1) is 0 Å². The van der Waals surface area contributed by atoms with E-state index in [1.54, 1.807) is 6.07 Å². The van der Waals surface area contributed by atoms with Crippen LogP contribution in [-0.4, -0.2) is 32.0 Å². The summed E-state index contributed by atoms with van der Waals surface area (Å²) < 4.78 is 22.1. The Labute approximate surface area is 113 Å². The molecule has 0 aliphatic heterocycles. The first kappa shape index (κ1) is 14.3. The predicted molar refractivity (Wildman–Crippen MR) is 75.1 cm³/mol. The minimum atomic E-state index is -2.88. The average Bonchev–Trinajstić information content (AvgIpc) is 2.33. The number of fused-ring (bicyclic) bond motifs is 1. The number of aromatic nitrogens is 1. The Morgan fingerprint density at radius 2 is 2.21 bits per heavy atom. The molecular weight excluding hydrogens is 264 g/mol. The third-order valence-electron chi connectivity index (χ3n) is 3.41. The summed E-state index contributed by atoms with van der Waals surface area (Å²) in [6.07, 6.45) is 4.85. The van der Waals surface area contributed by atoms with Crippen molar-refractivity contribution in [3.8, 4) is 0 Å². The third kappa shape index (κ3) is 4.18. The number of pyridine rings is 1. The minimum Gasteiger partial charge on any atom is -0.326 e. The molecule has 0 aromatic carbocycles. The summed E-state index contributed by atoms with van der Waals surface area (Å²) in [4.78, 5) is 14.2. The zero-order valence-electron chi connectivity index (χ0n) is 11.1.